The predicted molar refractivity (Wildman–Crippen MR) is 79.1 cm³/mol. The molecule has 0 aliphatic carbocycles. The number of nitrogens with zero attached hydrogens (tertiary/aromatic N) is 1. The molecule has 0 bridgehead atoms. The molecule has 0 aromatic heterocycles. The molecule has 0 radical (unpaired) electrons. The number of fused-ring (bicyclic) bond motifs is 1. The first kappa shape index (κ1) is 13.4. The molecule has 20 heavy (non-hydrogen) atoms. The Hall–Kier alpha value is -1.55. The maximum absolute atomic E-state index is 12.4. The number of amides is 2. The van der Waals surface area contributed by atoms with E-state index in [0.29, 0.717) is 5.02 Å². The van der Waals surface area contributed by atoms with Crippen molar-refractivity contribution in [2.75, 3.05) is 4.90 Å². The summed E-state index contributed by atoms with van der Waals surface area (Å²) >= 11 is 17.9. The molecule has 0 fully saturated rings. The normalized spacial score (nSPS) is 13.8. The summed E-state index contributed by atoms with van der Waals surface area (Å²) in [6.07, 6.45) is 0. The summed E-state index contributed by atoms with van der Waals surface area (Å²) in [5, 5.41) is 0.883. The molecule has 2 aromatic carbocycles. The lowest BCUT2D eigenvalue weighted by atomic mass is 10.1. The Kier molecular flexibility index (Phi) is 3.21. The Morgan fingerprint density at radius 3 is 2.30 bits per heavy atom. The van der Waals surface area contributed by atoms with Gasteiger partial charge >= 0.3 is 0 Å². The largest absolute Gasteiger partial charge is 0.268 e. The van der Waals surface area contributed by atoms with Crippen molar-refractivity contribution in [2.45, 2.75) is 0 Å². The minimum absolute atomic E-state index is 0.190. The molecule has 3 nitrogen and oxygen atoms in total. The number of carbonyl (C=O) groups is 2. The van der Waals surface area contributed by atoms with Crippen LogP contribution in [0.15, 0.2) is 36.4 Å². The minimum Gasteiger partial charge on any atom is -0.268 e. The van der Waals surface area contributed by atoms with Crippen molar-refractivity contribution in [3.05, 3.63) is 62.6 Å². The molecule has 0 saturated heterocycles. The van der Waals surface area contributed by atoms with E-state index in [-0.39, 0.29) is 26.9 Å². The smallest absolute Gasteiger partial charge is 0.267 e. The molecule has 0 unspecified atom stereocenters. The fraction of sp³-hybridized carbons (Fsp3) is 0. The van der Waals surface area contributed by atoms with Crippen LogP contribution < -0.4 is 4.90 Å². The van der Waals surface area contributed by atoms with Gasteiger partial charge in [0.05, 0.1) is 26.9 Å². The first-order chi connectivity index (χ1) is 9.50. The zero-order valence-electron chi connectivity index (χ0n) is 9.86. The van der Waals surface area contributed by atoms with Crippen LogP contribution in [-0.4, -0.2) is 11.8 Å². The third kappa shape index (κ3) is 1.90. The summed E-state index contributed by atoms with van der Waals surface area (Å²) in [6.45, 7) is 0. The van der Waals surface area contributed by atoms with Gasteiger partial charge in [0.2, 0.25) is 0 Å². The van der Waals surface area contributed by atoms with Crippen LogP contribution in [0.2, 0.25) is 15.1 Å². The lowest BCUT2D eigenvalue weighted by Crippen LogP contribution is -2.29. The van der Waals surface area contributed by atoms with Gasteiger partial charge < -0.3 is 0 Å². The van der Waals surface area contributed by atoms with Crippen LogP contribution >= 0.6 is 34.8 Å². The first-order valence-electron chi connectivity index (χ1n) is 5.63. The molecule has 2 aromatic rings. The van der Waals surface area contributed by atoms with Gasteiger partial charge in [-0.3, -0.25) is 9.59 Å². The second kappa shape index (κ2) is 4.77. The summed E-state index contributed by atoms with van der Waals surface area (Å²) in [7, 11) is 0. The summed E-state index contributed by atoms with van der Waals surface area (Å²) in [5.74, 6) is -0.962. The van der Waals surface area contributed by atoms with E-state index in [1.807, 2.05) is 0 Å². The molecule has 1 aliphatic heterocycles. The Bertz CT molecular complexity index is 758. The average Bonchev–Trinajstić information content (AvgIpc) is 2.66. The topological polar surface area (TPSA) is 37.4 Å². The van der Waals surface area contributed by atoms with Gasteiger partial charge in [0.25, 0.3) is 11.8 Å². The second-order valence-electron chi connectivity index (χ2n) is 4.20. The van der Waals surface area contributed by atoms with Crippen molar-refractivity contribution >= 4 is 52.3 Å². The second-order valence-corrected chi connectivity index (χ2v) is 5.45. The van der Waals surface area contributed by atoms with Crippen LogP contribution in [0, 0.1) is 0 Å². The highest BCUT2D eigenvalue weighted by atomic mass is 35.5. The van der Waals surface area contributed by atoms with Crippen LogP contribution in [0.3, 0.4) is 0 Å². The van der Waals surface area contributed by atoms with Crippen LogP contribution in [0.25, 0.3) is 0 Å². The van der Waals surface area contributed by atoms with E-state index >= 15 is 0 Å². The van der Waals surface area contributed by atoms with Crippen molar-refractivity contribution in [1.29, 1.82) is 0 Å². The lowest BCUT2D eigenvalue weighted by Gasteiger charge is -2.15. The zero-order chi connectivity index (χ0) is 14.4. The van der Waals surface area contributed by atoms with E-state index in [0.717, 1.165) is 4.90 Å². The van der Waals surface area contributed by atoms with E-state index in [2.05, 4.69) is 0 Å². The first-order valence-corrected chi connectivity index (χ1v) is 6.76. The Morgan fingerprint density at radius 1 is 0.850 bits per heavy atom. The van der Waals surface area contributed by atoms with Crippen molar-refractivity contribution in [1.82, 2.24) is 0 Å². The number of anilines is 1. The third-order valence-electron chi connectivity index (χ3n) is 3.01. The molecule has 0 N–H and O–H groups in total. The van der Waals surface area contributed by atoms with Gasteiger partial charge in [0.1, 0.15) is 0 Å². The van der Waals surface area contributed by atoms with E-state index < -0.39 is 11.8 Å². The van der Waals surface area contributed by atoms with Gasteiger partial charge in [0.15, 0.2) is 0 Å². The quantitative estimate of drug-likeness (QED) is 0.726. The molecule has 1 aliphatic rings. The van der Waals surface area contributed by atoms with Gasteiger partial charge in [-0.25, -0.2) is 4.90 Å². The van der Waals surface area contributed by atoms with Gasteiger partial charge in [-0.2, -0.15) is 0 Å². The molecular weight excluding hydrogens is 321 g/mol. The number of halogens is 3. The minimum atomic E-state index is -0.500. The Labute approximate surface area is 129 Å². The van der Waals surface area contributed by atoms with Gasteiger partial charge in [0, 0.05) is 5.02 Å². The van der Waals surface area contributed by atoms with E-state index in [9.17, 15) is 9.59 Å². The maximum Gasteiger partial charge on any atom is 0.267 e. The standard InChI is InChI=1S/C14H6Cl3NO2/c15-7-4-5-9(16)11(6-7)18-13(19)8-2-1-3-10(17)12(8)14(18)20/h1-6H. The predicted octanol–water partition coefficient (Wildman–Crippen LogP) is 4.45. The van der Waals surface area contributed by atoms with E-state index in [1.165, 1.54) is 12.1 Å². The number of hydrogen-bond acceptors (Lipinski definition) is 2. The maximum atomic E-state index is 12.4. The fourth-order valence-corrected chi connectivity index (χ4v) is 2.74. The van der Waals surface area contributed by atoms with Crippen LogP contribution in [0.5, 0.6) is 0 Å². The van der Waals surface area contributed by atoms with Gasteiger partial charge in [-0.15, -0.1) is 0 Å². The Balaban J connectivity index is 2.19. The zero-order valence-corrected chi connectivity index (χ0v) is 12.1. The van der Waals surface area contributed by atoms with Crippen molar-refractivity contribution < 1.29 is 9.59 Å². The molecule has 3 rings (SSSR count). The summed E-state index contributed by atoms with van der Waals surface area (Å²) in [4.78, 5) is 25.8. The lowest BCUT2D eigenvalue weighted by molar-refractivity contribution is 0.0926. The van der Waals surface area contributed by atoms with Gasteiger partial charge in [-0.05, 0) is 30.3 Å². The number of carbonyl (C=O) groups excluding carboxylic acids is 2. The van der Waals surface area contributed by atoms with Crippen molar-refractivity contribution in [3.63, 3.8) is 0 Å². The molecular formula is C14H6Cl3NO2. The highest BCUT2D eigenvalue weighted by Gasteiger charge is 2.39. The van der Waals surface area contributed by atoms with Gasteiger partial charge in [-0.1, -0.05) is 40.9 Å². The summed E-state index contributed by atoms with van der Waals surface area (Å²) in [6, 6.07) is 9.33. The molecule has 0 saturated carbocycles. The molecule has 1 heterocycles. The van der Waals surface area contributed by atoms with E-state index in [1.54, 1.807) is 24.3 Å². The van der Waals surface area contributed by atoms with Crippen LogP contribution in [0.4, 0.5) is 5.69 Å². The van der Waals surface area contributed by atoms with Crippen molar-refractivity contribution in [3.8, 4) is 0 Å². The van der Waals surface area contributed by atoms with Crippen LogP contribution in [-0.2, 0) is 0 Å². The number of imide groups is 1. The van der Waals surface area contributed by atoms with Crippen molar-refractivity contribution in [2.24, 2.45) is 0 Å². The highest BCUT2D eigenvalue weighted by Crippen LogP contribution is 2.37. The molecule has 0 spiro atoms. The Morgan fingerprint density at radius 2 is 1.60 bits per heavy atom. The molecule has 6 heteroatoms. The highest BCUT2D eigenvalue weighted by molar-refractivity contribution is 6.44. The molecule has 0 atom stereocenters. The average molecular weight is 327 g/mol. The fourth-order valence-electron chi connectivity index (χ4n) is 2.12. The van der Waals surface area contributed by atoms with Crippen LogP contribution in [0.1, 0.15) is 20.7 Å². The molecule has 2 amide bonds. The summed E-state index contributed by atoms with van der Waals surface area (Å²) in [5.41, 5.74) is 0.704. The van der Waals surface area contributed by atoms with E-state index in [4.69, 9.17) is 34.8 Å². The molecule has 100 valence electrons. The number of rotatable bonds is 1. The summed E-state index contributed by atoms with van der Waals surface area (Å²) < 4.78 is 0. The number of benzene rings is 2. The monoisotopic (exact) mass is 325 g/mol. The SMILES string of the molecule is O=C1c2cccc(Cl)c2C(=O)N1c1cc(Cl)ccc1Cl. The third-order valence-corrected chi connectivity index (χ3v) is 3.88. The number of hydrogen-bond donors (Lipinski definition) is 0.